The molecule has 38 heavy (non-hydrogen) atoms. The number of thiazole rings is 1. The van der Waals surface area contributed by atoms with E-state index in [0.29, 0.717) is 17.1 Å². The van der Waals surface area contributed by atoms with Gasteiger partial charge in [0.2, 0.25) is 6.41 Å². The van der Waals surface area contributed by atoms with Crippen molar-refractivity contribution >= 4 is 76.0 Å². The molecule has 4 rings (SSSR count). The van der Waals surface area contributed by atoms with E-state index in [1.807, 2.05) is 6.07 Å². The number of nitrogens with one attached hydrogen (secondary N) is 2. The summed E-state index contributed by atoms with van der Waals surface area (Å²) >= 11 is 3.62. The fourth-order valence-corrected chi connectivity index (χ4v) is 6.43. The summed E-state index contributed by atoms with van der Waals surface area (Å²) in [6.07, 6.45) is 7.01. The third kappa shape index (κ3) is 5.95. The highest BCUT2D eigenvalue weighted by Gasteiger charge is 2.54. The molecule has 0 aromatic carbocycles. The minimum Gasteiger partial charge on any atom is -0.477 e. The van der Waals surface area contributed by atoms with Crippen LogP contribution in [0.25, 0.3) is 6.08 Å². The van der Waals surface area contributed by atoms with Crippen LogP contribution in [0.3, 0.4) is 0 Å². The molecule has 12 nitrogen and oxygen atoms in total. The Morgan fingerprint density at radius 3 is 2.97 bits per heavy atom. The van der Waals surface area contributed by atoms with E-state index in [9.17, 15) is 24.3 Å². The van der Waals surface area contributed by atoms with Gasteiger partial charge in [0.15, 0.2) is 10.8 Å². The first-order valence-electron chi connectivity index (χ1n) is 10.9. The number of rotatable bonds is 12. The quantitative estimate of drug-likeness (QED) is 0.0857. The second-order valence-corrected chi connectivity index (χ2v) is 10.4. The highest BCUT2D eigenvalue weighted by atomic mass is 32.2. The van der Waals surface area contributed by atoms with E-state index >= 15 is 0 Å². The lowest BCUT2D eigenvalue weighted by atomic mass is 10.0. The van der Waals surface area contributed by atoms with Crippen LogP contribution in [0.5, 0.6) is 0 Å². The van der Waals surface area contributed by atoms with Crippen molar-refractivity contribution in [2.75, 3.05) is 17.7 Å². The van der Waals surface area contributed by atoms with Gasteiger partial charge in [-0.15, -0.1) is 23.1 Å². The Bertz CT molecular complexity index is 1340. The third-order valence-electron chi connectivity index (χ3n) is 5.07. The van der Waals surface area contributed by atoms with Crippen LogP contribution < -0.4 is 10.6 Å². The van der Waals surface area contributed by atoms with E-state index in [1.54, 1.807) is 29.9 Å². The minimum atomic E-state index is -1.23. The van der Waals surface area contributed by atoms with Crippen LogP contribution in [0.2, 0.25) is 0 Å². The van der Waals surface area contributed by atoms with E-state index in [-0.39, 0.29) is 28.8 Å². The molecule has 196 valence electrons. The van der Waals surface area contributed by atoms with Gasteiger partial charge in [0.25, 0.3) is 11.8 Å². The molecule has 0 bridgehead atoms. The van der Waals surface area contributed by atoms with Gasteiger partial charge in [-0.25, -0.2) is 9.78 Å². The maximum Gasteiger partial charge on any atom is 0.353 e. The summed E-state index contributed by atoms with van der Waals surface area (Å²) in [5.41, 5.74) is 0.661. The molecular weight excluding hydrogens is 552 g/mol. The first-order chi connectivity index (χ1) is 18.4. The third-order valence-corrected chi connectivity index (χ3v) is 8.20. The van der Waals surface area contributed by atoms with Crippen LogP contribution >= 0.6 is 34.9 Å². The zero-order valence-electron chi connectivity index (χ0n) is 19.5. The van der Waals surface area contributed by atoms with Gasteiger partial charge in [0, 0.05) is 28.4 Å². The molecule has 1 fully saturated rings. The van der Waals surface area contributed by atoms with Crippen LogP contribution in [0.4, 0.5) is 5.13 Å². The maximum absolute atomic E-state index is 13.1. The Morgan fingerprint density at radius 1 is 1.42 bits per heavy atom. The first kappa shape index (κ1) is 27.1. The first-order valence-corrected chi connectivity index (χ1v) is 13.7. The molecule has 2 aromatic heterocycles. The van der Waals surface area contributed by atoms with Gasteiger partial charge in [-0.3, -0.25) is 24.3 Å². The van der Waals surface area contributed by atoms with Crippen LogP contribution in [-0.4, -0.2) is 73.7 Å². The number of oxime groups is 1. The van der Waals surface area contributed by atoms with E-state index in [0.717, 1.165) is 16.9 Å². The lowest BCUT2D eigenvalue weighted by Gasteiger charge is -2.49. The summed E-state index contributed by atoms with van der Waals surface area (Å²) < 4.78 is 0. The Balaban J connectivity index is 1.49. The average Bonchev–Trinajstić information content (AvgIpc) is 3.38. The van der Waals surface area contributed by atoms with Crippen molar-refractivity contribution in [2.45, 2.75) is 11.4 Å². The van der Waals surface area contributed by atoms with Crippen LogP contribution in [-0.2, 0) is 24.0 Å². The summed E-state index contributed by atoms with van der Waals surface area (Å²) in [6.45, 7) is 3.54. The molecular formula is C23H20N6O6S3. The molecule has 2 aliphatic heterocycles. The molecule has 2 aromatic rings. The molecule has 4 heterocycles. The van der Waals surface area contributed by atoms with Crippen molar-refractivity contribution < 1.29 is 29.1 Å². The van der Waals surface area contributed by atoms with Crippen LogP contribution in [0, 0.1) is 0 Å². The molecule has 3 N–H and O–H groups in total. The highest BCUT2D eigenvalue weighted by molar-refractivity contribution is 8.08. The number of carboxylic acids is 1. The number of anilines is 1. The van der Waals surface area contributed by atoms with Crippen molar-refractivity contribution in [3.05, 3.63) is 69.8 Å². The number of pyridine rings is 1. The second-order valence-electron chi connectivity index (χ2n) is 7.47. The summed E-state index contributed by atoms with van der Waals surface area (Å²) in [5, 5.41) is 21.6. The smallest absolute Gasteiger partial charge is 0.353 e. The lowest BCUT2D eigenvalue weighted by Crippen LogP contribution is -2.71. The van der Waals surface area contributed by atoms with Gasteiger partial charge in [-0.05, 0) is 23.1 Å². The Labute approximate surface area is 228 Å². The highest BCUT2D eigenvalue weighted by Crippen LogP contribution is 2.43. The number of hydrogen-bond donors (Lipinski definition) is 3. The van der Waals surface area contributed by atoms with Crippen molar-refractivity contribution in [1.82, 2.24) is 20.2 Å². The average molecular weight is 573 g/mol. The standard InChI is InChI=1S/C23H20N6O6S3/c1-2-7-35-28-16(14-10-38-23(26-14)25-12-30)19(31)27-17-20(32)29-18(22(33)34)15(11-37-21(17)29)36-8-5-13-4-3-6-24-9-13/h2-6,8-10,12,17,21H,1,7,11H2,(H,27,31)(H,33,34)(H,25,26,30)/b8-5-,28-16-/t17?,21-/m1/s1. The number of carboxylic acid groups (broad SMARTS) is 1. The number of carbonyl (C=O) groups is 4. The zero-order valence-corrected chi connectivity index (χ0v) is 21.9. The SMILES string of the molecule is C=CCO/N=C(\C(=O)NC1C(=O)N2C(C(=O)O)=C(S/C=C\c3cccnc3)CS[C@H]12)c1csc(NC=O)n1. The van der Waals surface area contributed by atoms with Gasteiger partial charge >= 0.3 is 5.97 Å². The minimum absolute atomic E-state index is 0.0252. The topological polar surface area (TPSA) is 163 Å². The zero-order chi connectivity index (χ0) is 27.1. The normalized spacial score (nSPS) is 19.0. The van der Waals surface area contributed by atoms with Crippen LogP contribution in [0.1, 0.15) is 11.3 Å². The number of fused-ring (bicyclic) bond motifs is 1. The molecule has 1 unspecified atom stereocenters. The molecule has 1 saturated heterocycles. The fourth-order valence-electron chi connectivity index (χ4n) is 3.42. The van der Waals surface area contributed by atoms with Crippen molar-refractivity contribution in [3.63, 3.8) is 0 Å². The van der Waals surface area contributed by atoms with E-state index in [2.05, 4.69) is 32.3 Å². The van der Waals surface area contributed by atoms with Crippen molar-refractivity contribution in [1.29, 1.82) is 0 Å². The summed E-state index contributed by atoms with van der Waals surface area (Å²) in [7, 11) is 0. The van der Waals surface area contributed by atoms with Crippen molar-refractivity contribution in [3.8, 4) is 0 Å². The number of carbonyl (C=O) groups excluding carboxylic acids is 3. The van der Waals surface area contributed by atoms with Crippen molar-refractivity contribution in [2.24, 2.45) is 5.16 Å². The lowest BCUT2D eigenvalue weighted by molar-refractivity contribution is -0.150. The summed E-state index contributed by atoms with van der Waals surface area (Å²) in [4.78, 5) is 63.8. The Kier molecular flexibility index (Phi) is 8.93. The largest absolute Gasteiger partial charge is 0.477 e. The number of β-lactam (4-membered cyclic amide) rings is 1. The maximum atomic E-state index is 13.1. The second kappa shape index (κ2) is 12.5. The molecule has 2 atom stereocenters. The fraction of sp³-hybridized carbons (Fsp3) is 0.174. The number of thioether (sulfide) groups is 2. The predicted molar refractivity (Wildman–Crippen MR) is 145 cm³/mol. The van der Waals surface area contributed by atoms with Gasteiger partial charge in [-0.1, -0.05) is 35.6 Å². The molecule has 0 aliphatic carbocycles. The number of nitrogens with zero attached hydrogens (tertiary/aromatic N) is 4. The molecule has 15 heteroatoms. The molecule has 0 spiro atoms. The monoisotopic (exact) mass is 572 g/mol. The van der Waals surface area contributed by atoms with E-state index in [1.165, 1.54) is 39.9 Å². The number of hydrogen-bond acceptors (Lipinski definition) is 11. The van der Waals surface area contributed by atoms with E-state index in [4.69, 9.17) is 4.84 Å². The number of aliphatic carboxylic acids is 1. The molecule has 3 amide bonds. The van der Waals surface area contributed by atoms with Gasteiger partial charge < -0.3 is 20.6 Å². The Morgan fingerprint density at radius 2 is 2.26 bits per heavy atom. The van der Waals surface area contributed by atoms with Gasteiger partial charge in [-0.2, -0.15) is 0 Å². The number of aromatic nitrogens is 2. The van der Waals surface area contributed by atoms with Gasteiger partial charge in [0.1, 0.15) is 29.4 Å². The predicted octanol–water partition coefficient (Wildman–Crippen LogP) is 2.11. The van der Waals surface area contributed by atoms with E-state index < -0.39 is 29.2 Å². The summed E-state index contributed by atoms with van der Waals surface area (Å²) in [5.74, 6) is -2.20. The van der Waals surface area contributed by atoms with Gasteiger partial charge in [0.05, 0.1) is 0 Å². The molecule has 0 radical (unpaired) electrons. The van der Waals surface area contributed by atoms with Crippen LogP contribution in [0.15, 0.2) is 63.7 Å². The number of amides is 3. The Hall–Kier alpha value is -3.95. The summed E-state index contributed by atoms with van der Waals surface area (Å²) in [6, 6.07) is 2.67. The molecule has 2 aliphatic rings. The molecule has 0 saturated carbocycles.